The Morgan fingerprint density at radius 1 is 1.43 bits per heavy atom. The molecule has 0 aliphatic carbocycles. The lowest BCUT2D eigenvalue weighted by Gasteiger charge is -2.08. The van der Waals surface area contributed by atoms with Crippen molar-refractivity contribution >= 4 is 5.91 Å². The van der Waals surface area contributed by atoms with E-state index in [1.54, 1.807) is 0 Å². The summed E-state index contributed by atoms with van der Waals surface area (Å²) in [4.78, 5) is 23.4. The fourth-order valence-electron chi connectivity index (χ4n) is 1.48. The Hall–Kier alpha value is -1.99. The summed E-state index contributed by atoms with van der Waals surface area (Å²) in [6.07, 6.45) is 0. The molecule has 7 heteroatoms. The maximum absolute atomic E-state index is 11.9. The fourth-order valence-corrected chi connectivity index (χ4v) is 1.48. The molecule has 1 aromatic heterocycles. The van der Waals surface area contributed by atoms with Crippen molar-refractivity contribution in [2.45, 2.75) is 13.5 Å². The van der Waals surface area contributed by atoms with Gasteiger partial charge in [-0.15, -0.1) is 0 Å². The highest BCUT2D eigenvalue weighted by atomic mass is 16.5. The summed E-state index contributed by atoms with van der Waals surface area (Å²) in [5.41, 5.74) is 0.840. The summed E-state index contributed by atoms with van der Waals surface area (Å²) < 4.78 is 11.4. The van der Waals surface area contributed by atoms with E-state index >= 15 is 0 Å². The van der Waals surface area contributed by atoms with E-state index in [2.05, 4.69) is 17.0 Å². The van der Waals surface area contributed by atoms with Crippen molar-refractivity contribution in [2.75, 3.05) is 33.5 Å². The minimum Gasteiger partial charge on any atom is -0.383 e. The van der Waals surface area contributed by atoms with Crippen LogP contribution in [0, 0.1) is 0 Å². The molecule has 7 nitrogen and oxygen atoms in total. The highest BCUT2D eigenvalue weighted by molar-refractivity contribution is 5.91. The van der Waals surface area contributed by atoms with Crippen molar-refractivity contribution < 1.29 is 14.3 Å². The number of ether oxygens (including phenoxy) is 2. The molecular weight excluding hydrogens is 274 g/mol. The van der Waals surface area contributed by atoms with Crippen LogP contribution in [0.15, 0.2) is 29.1 Å². The van der Waals surface area contributed by atoms with Gasteiger partial charge in [0.05, 0.1) is 26.4 Å². The molecule has 1 amide bonds. The third-order valence-corrected chi connectivity index (χ3v) is 2.49. The van der Waals surface area contributed by atoms with Gasteiger partial charge in [0, 0.05) is 19.7 Å². The Morgan fingerprint density at radius 2 is 2.19 bits per heavy atom. The zero-order chi connectivity index (χ0) is 15.7. The van der Waals surface area contributed by atoms with Gasteiger partial charge in [-0.2, -0.15) is 5.10 Å². The molecule has 1 aromatic rings. The van der Waals surface area contributed by atoms with Crippen molar-refractivity contribution in [1.29, 1.82) is 0 Å². The number of aromatic nitrogens is 2. The third kappa shape index (κ3) is 6.33. The van der Waals surface area contributed by atoms with Crippen LogP contribution >= 0.6 is 0 Å². The first-order valence-corrected chi connectivity index (χ1v) is 6.62. The molecule has 0 saturated heterocycles. The molecule has 1 rings (SSSR count). The molecule has 0 radical (unpaired) electrons. The average molecular weight is 295 g/mol. The number of hydrogen-bond donors (Lipinski definition) is 1. The number of rotatable bonds is 9. The number of carbonyl (C=O) groups excluding carboxylic acids is 1. The number of amides is 1. The van der Waals surface area contributed by atoms with Crippen LogP contribution in [0.1, 0.15) is 17.4 Å². The van der Waals surface area contributed by atoms with Gasteiger partial charge in [-0.1, -0.05) is 12.2 Å². The molecule has 0 atom stereocenters. The van der Waals surface area contributed by atoms with E-state index in [4.69, 9.17) is 9.47 Å². The maximum Gasteiger partial charge on any atom is 0.271 e. The van der Waals surface area contributed by atoms with Gasteiger partial charge >= 0.3 is 0 Å². The molecule has 0 aliphatic rings. The van der Waals surface area contributed by atoms with E-state index in [0.717, 1.165) is 5.57 Å². The van der Waals surface area contributed by atoms with Crippen molar-refractivity contribution in [3.05, 3.63) is 40.3 Å². The Balaban J connectivity index is 2.50. The van der Waals surface area contributed by atoms with Crippen LogP contribution in [0.2, 0.25) is 0 Å². The second-order valence-electron chi connectivity index (χ2n) is 4.54. The monoisotopic (exact) mass is 295 g/mol. The first kappa shape index (κ1) is 17.1. The standard InChI is InChI=1S/C14H21N3O4/c1-11(2)10-21-8-6-15-14(19)12-4-5-13(18)17(16-12)7-9-20-3/h4-5H,1,6-10H2,2-3H3,(H,15,19). The second kappa shape index (κ2) is 9.04. The Labute approximate surface area is 123 Å². The zero-order valence-corrected chi connectivity index (χ0v) is 12.4. The van der Waals surface area contributed by atoms with E-state index in [0.29, 0.717) is 32.9 Å². The predicted octanol–water partition coefficient (Wildman–Crippen LogP) is 0.212. The van der Waals surface area contributed by atoms with Gasteiger partial charge in [-0.25, -0.2) is 4.68 Å². The van der Waals surface area contributed by atoms with Crippen LogP contribution in [0.4, 0.5) is 0 Å². The summed E-state index contributed by atoms with van der Waals surface area (Å²) in [7, 11) is 1.53. The molecule has 0 aliphatic heterocycles. The molecule has 0 bridgehead atoms. The smallest absolute Gasteiger partial charge is 0.271 e. The first-order chi connectivity index (χ1) is 10.0. The molecule has 0 unspecified atom stereocenters. The average Bonchev–Trinajstić information content (AvgIpc) is 2.45. The van der Waals surface area contributed by atoms with Crippen LogP contribution in [0.25, 0.3) is 0 Å². The SMILES string of the molecule is C=C(C)COCCNC(=O)c1ccc(=O)n(CCOC)n1. The molecule has 0 aromatic carbocycles. The summed E-state index contributed by atoms with van der Waals surface area (Å²) in [5.74, 6) is -0.347. The molecular formula is C14H21N3O4. The summed E-state index contributed by atoms with van der Waals surface area (Å²) in [6, 6.07) is 2.71. The second-order valence-corrected chi connectivity index (χ2v) is 4.54. The minimum absolute atomic E-state index is 0.186. The molecule has 0 fully saturated rings. The van der Waals surface area contributed by atoms with Crippen molar-refractivity contribution in [2.24, 2.45) is 0 Å². The van der Waals surface area contributed by atoms with Crippen LogP contribution in [-0.2, 0) is 16.0 Å². The predicted molar refractivity (Wildman–Crippen MR) is 78.3 cm³/mol. The van der Waals surface area contributed by atoms with Crippen molar-refractivity contribution in [3.8, 4) is 0 Å². The lowest BCUT2D eigenvalue weighted by Crippen LogP contribution is -2.32. The van der Waals surface area contributed by atoms with E-state index in [1.165, 1.54) is 23.9 Å². The first-order valence-electron chi connectivity index (χ1n) is 6.62. The summed E-state index contributed by atoms with van der Waals surface area (Å²) in [5, 5.41) is 6.67. The van der Waals surface area contributed by atoms with Gasteiger partial charge in [-0.05, 0) is 13.0 Å². The van der Waals surface area contributed by atoms with Gasteiger partial charge in [-0.3, -0.25) is 9.59 Å². The van der Waals surface area contributed by atoms with E-state index in [9.17, 15) is 9.59 Å². The molecule has 0 spiro atoms. The lowest BCUT2D eigenvalue weighted by atomic mass is 10.3. The molecule has 0 saturated carbocycles. The maximum atomic E-state index is 11.9. The topological polar surface area (TPSA) is 82.5 Å². The molecule has 21 heavy (non-hydrogen) atoms. The van der Waals surface area contributed by atoms with Crippen LogP contribution in [-0.4, -0.2) is 49.2 Å². The Morgan fingerprint density at radius 3 is 2.86 bits per heavy atom. The Bertz CT molecular complexity index is 539. The highest BCUT2D eigenvalue weighted by Gasteiger charge is 2.08. The molecule has 1 N–H and O–H groups in total. The normalized spacial score (nSPS) is 10.4. The number of carbonyl (C=O) groups is 1. The van der Waals surface area contributed by atoms with Crippen LogP contribution in [0.5, 0.6) is 0 Å². The largest absolute Gasteiger partial charge is 0.383 e. The molecule has 1 heterocycles. The lowest BCUT2D eigenvalue weighted by molar-refractivity contribution is 0.0918. The van der Waals surface area contributed by atoms with Crippen molar-refractivity contribution in [3.63, 3.8) is 0 Å². The van der Waals surface area contributed by atoms with Gasteiger partial charge in [0.1, 0.15) is 5.69 Å². The van der Waals surface area contributed by atoms with E-state index in [-0.39, 0.29) is 17.2 Å². The van der Waals surface area contributed by atoms with Gasteiger partial charge < -0.3 is 14.8 Å². The third-order valence-electron chi connectivity index (χ3n) is 2.49. The number of hydrogen-bond acceptors (Lipinski definition) is 5. The van der Waals surface area contributed by atoms with Crippen LogP contribution < -0.4 is 10.9 Å². The van der Waals surface area contributed by atoms with E-state index < -0.39 is 0 Å². The molecule has 116 valence electrons. The quantitative estimate of drug-likeness (QED) is 0.520. The Kier molecular flexibility index (Phi) is 7.34. The van der Waals surface area contributed by atoms with Gasteiger partial charge in [0.15, 0.2) is 0 Å². The van der Waals surface area contributed by atoms with E-state index in [1.807, 2.05) is 6.92 Å². The van der Waals surface area contributed by atoms with Crippen molar-refractivity contribution in [1.82, 2.24) is 15.1 Å². The fraction of sp³-hybridized carbons (Fsp3) is 0.500. The van der Waals surface area contributed by atoms with Gasteiger partial charge in [0.2, 0.25) is 0 Å². The van der Waals surface area contributed by atoms with Crippen LogP contribution in [0.3, 0.4) is 0 Å². The number of methoxy groups -OCH3 is 1. The van der Waals surface area contributed by atoms with Gasteiger partial charge in [0.25, 0.3) is 11.5 Å². The minimum atomic E-state index is -0.347. The number of nitrogens with one attached hydrogen (secondary N) is 1. The number of nitrogens with zero attached hydrogens (tertiary/aromatic N) is 2. The summed E-state index contributed by atoms with van der Waals surface area (Å²) >= 11 is 0. The zero-order valence-electron chi connectivity index (χ0n) is 12.4. The summed E-state index contributed by atoms with van der Waals surface area (Å²) in [6.45, 7) is 7.46. The highest BCUT2D eigenvalue weighted by Crippen LogP contribution is 1.92.